The number of hydrogen-bond acceptors (Lipinski definition) is 5. The van der Waals surface area contributed by atoms with Crippen molar-refractivity contribution in [1.29, 1.82) is 0 Å². The maximum Gasteiger partial charge on any atom is 0.187 e. The van der Waals surface area contributed by atoms with E-state index in [1.807, 2.05) is 6.92 Å². The molecule has 78 valence electrons. The van der Waals surface area contributed by atoms with Gasteiger partial charge in [0.15, 0.2) is 5.16 Å². The fourth-order valence-corrected chi connectivity index (χ4v) is 1.71. The van der Waals surface area contributed by atoms with E-state index in [4.69, 9.17) is 10.8 Å². The van der Waals surface area contributed by atoms with Crippen molar-refractivity contribution in [1.82, 2.24) is 9.97 Å². The Morgan fingerprint density at radius 3 is 2.71 bits per heavy atom. The molecule has 14 heavy (non-hydrogen) atoms. The van der Waals surface area contributed by atoms with E-state index in [1.165, 1.54) is 0 Å². The second-order valence-electron chi connectivity index (χ2n) is 3.12. The molecule has 3 N–H and O–H groups in total. The first-order chi connectivity index (χ1) is 6.72. The van der Waals surface area contributed by atoms with Gasteiger partial charge in [-0.1, -0.05) is 11.8 Å². The van der Waals surface area contributed by atoms with Gasteiger partial charge in [0.05, 0.1) is 6.61 Å². The molecule has 5 heteroatoms. The monoisotopic (exact) mass is 213 g/mol. The molecular formula is C9H15N3OS. The number of aryl methyl sites for hydroxylation is 1. The molecule has 1 unspecified atom stereocenters. The first-order valence-electron chi connectivity index (χ1n) is 4.50. The lowest BCUT2D eigenvalue weighted by molar-refractivity contribution is 0.264. The normalized spacial score (nSPS) is 12.8. The highest BCUT2D eigenvalue weighted by atomic mass is 32.2. The van der Waals surface area contributed by atoms with E-state index >= 15 is 0 Å². The zero-order chi connectivity index (χ0) is 10.4. The summed E-state index contributed by atoms with van der Waals surface area (Å²) < 4.78 is 0. The summed E-state index contributed by atoms with van der Waals surface area (Å²) in [5, 5.41) is 9.47. The number of aliphatic hydroxyl groups is 1. The molecule has 0 radical (unpaired) electrons. The average molecular weight is 213 g/mol. The summed E-state index contributed by atoms with van der Waals surface area (Å²) in [7, 11) is 0. The van der Waals surface area contributed by atoms with E-state index in [0.717, 1.165) is 22.9 Å². The second-order valence-corrected chi connectivity index (χ2v) is 4.18. The second kappa shape index (κ2) is 5.95. The van der Waals surface area contributed by atoms with Crippen LogP contribution in [0.3, 0.4) is 0 Å². The van der Waals surface area contributed by atoms with E-state index < -0.39 is 0 Å². The highest BCUT2D eigenvalue weighted by Gasteiger charge is 2.01. The molecule has 0 fully saturated rings. The van der Waals surface area contributed by atoms with Crippen molar-refractivity contribution in [3.63, 3.8) is 0 Å². The molecule has 4 nitrogen and oxygen atoms in total. The summed E-state index contributed by atoms with van der Waals surface area (Å²) in [6, 6.07) is -0.132. The summed E-state index contributed by atoms with van der Waals surface area (Å²) in [6.45, 7) is 1.99. The third-order valence-electron chi connectivity index (χ3n) is 1.71. The number of hydrogen-bond donors (Lipinski definition) is 2. The van der Waals surface area contributed by atoms with Crippen LogP contribution in [-0.2, 0) is 0 Å². The number of nitrogens with two attached hydrogens (primary N) is 1. The highest BCUT2D eigenvalue weighted by molar-refractivity contribution is 7.99. The fraction of sp³-hybridized carbons (Fsp3) is 0.556. The molecule has 1 atom stereocenters. The summed E-state index contributed by atoms with van der Waals surface area (Å²) in [4.78, 5) is 8.30. The molecule has 0 aliphatic carbocycles. The maximum absolute atomic E-state index is 8.70. The number of rotatable bonds is 5. The van der Waals surface area contributed by atoms with Crippen LogP contribution in [0.25, 0.3) is 0 Å². The van der Waals surface area contributed by atoms with Gasteiger partial charge in [-0.2, -0.15) is 0 Å². The number of aliphatic hydroxyl groups excluding tert-OH is 1. The zero-order valence-electron chi connectivity index (χ0n) is 8.18. The van der Waals surface area contributed by atoms with Crippen molar-refractivity contribution in [3.05, 3.63) is 18.0 Å². The Balaban J connectivity index is 2.28. The zero-order valence-corrected chi connectivity index (χ0v) is 9.00. The van der Waals surface area contributed by atoms with Crippen molar-refractivity contribution in [2.45, 2.75) is 24.5 Å². The third-order valence-corrected chi connectivity index (χ3v) is 2.62. The van der Waals surface area contributed by atoms with Gasteiger partial charge in [-0.3, -0.25) is 0 Å². The Labute approximate surface area is 88.0 Å². The van der Waals surface area contributed by atoms with Crippen LogP contribution in [0.5, 0.6) is 0 Å². The Hall–Kier alpha value is -0.650. The molecule has 1 heterocycles. The lowest BCUT2D eigenvalue weighted by atomic mass is 10.3. The summed E-state index contributed by atoms with van der Waals surface area (Å²) >= 11 is 1.56. The van der Waals surface area contributed by atoms with Gasteiger partial charge in [-0.15, -0.1) is 0 Å². The molecule has 0 aromatic carbocycles. The van der Waals surface area contributed by atoms with Crippen molar-refractivity contribution in [3.8, 4) is 0 Å². The predicted molar refractivity (Wildman–Crippen MR) is 57.2 cm³/mol. The van der Waals surface area contributed by atoms with Crippen LogP contribution in [-0.4, -0.2) is 33.5 Å². The Bertz CT molecular complexity index is 265. The Morgan fingerprint density at radius 1 is 1.50 bits per heavy atom. The molecule has 1 aromatic rings. The van der Waals surface area contributed by atoms with Crippen LogP contribution < -0.4 is 5.73 Å². The van der Waals surface area contributed by atoms with Crippen LogP contribution in [0.2, 0.25) is 0 Å². The fourth-order valence-electron chi connectivity index (χ4n) is 0.848. The van der Waals surface area contributed by atoms with Gasteiger partial charge >= 0.3 is 0 Å². The van der Waals surface area contributed by atoms with Crippen LogP contribution in [0, 0.1) is 6.92 Å². The molecule has 0 saturated heterocycles. The van der Waals surface area contributed by atoms with Gasteiger partial charge in [0.25, 0.3) is 0 Å². The van der Waals surface area contributed by atoms with E-state index in [-0.39, 0.29) is 12.6 Å². The molecule has 1 rings (SSSR count). The minimum Gasteiger partial charge on any atom is -0.395 e. The minimum absolute atomic E-state index is 0.0370. The summed E-state index contributed by atoms with van der Waals surface area (Å²) in [5.74, 6) is 0.838. The van der Waals surface area contributed by atoms with E-state index in [0.29, 0.717) is 0 Å². The molecular weight excluding hydrogens is 198 g/mol. The topological polar surface area (TPSA) is 72.0 Å². The SMILES string of the molecule is Cc1cnc(SCCC(N)CO)nc1. The van der Waals surface area contributed by atoms with Crippen molar-refractivity contribution < 1.29 is 5.11 Å². The summed E-state index contributed by atoms with van der Waals surface area (Å²) in [5.41, 5.74) is 6.61. The quantitative estimate of drug-likeness (QED) is 0.553. The maximum atomic E-state index is 8.70. The molecule has 1 aromatic heterocycles. The number of aromatic nitrogens is 2. The van der Waals surface area contributed by atoms with Crippen LogP contribution >= 0.6 is 11.8 Å². The molecule has 0 aliphatic rings. The first-order valence-corrected chi connectivity index (χ1v) is 5.49. The molecule has 0 saturated carbocycles. The van der Waals surface area contributed by atoms with Gasteiger partial charge < -0.3 is 10.8 Å². The van der Waals surface area contributed by atoms with Crippen LogP contribution in [0.4, 0.5) is 0 Å². The lowest BCUT2D eigenvalue weighted by Crippen LogP contribution is -2.24. The smallest absolute Gasteiger partial charge is 0.187 e. The average Bonchev–Trinajstić information content (AvgIpc) is 2.21. The molecule has 0 amide bonds. The van der Waals surface area contributed by atoms with Crippen LogP contribution in [0.1, 0.15) is 12.0 Å². The van der Waals surface area contributed by atoms with Gasteiger partial charge in [0.1, 0.15) is 0 Å². The highest BCUT2D eigenvalue weighted by Crippen LogP contribution is 2.13. The van der Waals surface area contributed by atoms with Gasteiger partial charge in [0.2, 0.25) is 0 Å². The number of nitrogens with zero attached hydrogens (tertiary/aromatic N) is 2. The Morgan fingerprint density at radius 2 is 2.14 bits per heavy atom. The van der Waals surface area contributed by atoms with E-state index in [1.54, 1.807) is 24.2 Å². The lowest BCUT2D eigenvalue weighted by Gasteiger charge is -2.06. The molecule has 0 spiro atoms. The third kappa shape index (κ3) is 4.04. The van der Waals surface area contributed by atoms with E-state index in [9.17, 15) is 0 Å². The van der Waals surface area contributed by atoms with Crippen molar-refractivity contribution >= 4 is 11.8 Å². The molecule has 0 bridgehead atoms. The van der Waals surface area contributed by atoms with Crippen molar-refractivity contribution in [2.24, 2.45) is 5.73 Å². The first kappa shape index (κ1) is 11.4. The van der Waals surface area contributed by atoms with Gasteiger partial charge in [-0.05, 0) is 18.9 Å². The van der Waals surface area contributed by atoms with E-state index in [2.05, 4.69) is 9.97 Å². The van der Waals surface area contributed by atoms with Gasteiger partial charge in [-0.25, -0.2) is 9.97 Å². The Kier molecular flexibility index (Phi) is 4.86. The largest absolute Gasteiger partial charge is 0.395 e. The molecule has 0 aliphatic heterocycles. The standard InChI is InChI=1S/C9H15N3OS/c1-7-4-11-9(12-5-7)14-3-2-8(10)6-13/h4-5,8,13H,2-3,6,10H2,1H3. The van der Waals surface area contributed by atoms with Gasteiger partial charge in [0, 0.05) is 24.2 Å². The minimum atomic E-state index is -0.132. The number of thioether (sulfide) groups is 1. The van der Waals surface area contributed by atoms with Crippen molar-refractivity contribution in [2.75, 3.05) is 12.4 Å². The predicted octanol–water partition coefficient (Wildman–Crippen LogP) is 0.587. The van der Waals surface area contributed by atoms with Crippen LogP contribution in [0.15, 0.2) is 17.6 Å². The summed E-state index contributed by atoms with van der Waals surface area (Å²) in [6.07, 6.45) is 4.36.